The predicted molar refractivity (Wildman–Crippen MR) is 65.6 cm³/mol. The highest BCUT2D eigenvalue weighted by molar-refractivity contribution is 5.38. The van der Waals surface area contributed by atoms with E-state index in [1.807, 2.05) is 19.9 Å². The van der Waals surface area contributed by atoms with Crippen LogP contribution in [0, 0.1) is 11.8 Å². The molecule has 0 aliphatic heterocycles. The van der Waals surface area contributed by atoms with Crippen molar-refractivity contribution in [2.24, 2.45) is 5.73 Å². The van der Waals surface area contributed by atoms with Gasteiger partial charge in [0.1, 0.15) is 0 Å². The molecule has 1 aromatic rings. The van der Waals surface area contributed by atoms with Gasteiger partial charge in [0, 0.05) is 5.56 Å². The molecule has 1 nitrogen and oxygen atoms in total. The highest BCUT2D eigenvalue weighted by atomic mass is 14.7. The monoisotopic (exact) mass is 201 g/mol. The minimum Gasteiger partial charge on any atom is -0.316 e. The van der Waals surface area contributed by atoms with Crippen LogP contribution in [-0.4, -0.2) is 5.54 Å². The van der Waals surface area contributed by atoms with Crippen molar-refractivity contribution in [2.75, 3.05) is 0 Å². The van der Waals surface area contributed by atoms with Crippen LogP contribution in [0.3, 0.4) is 0 Å². The Morgan fingerprint density at radius 1 is 1.33 bits per heavy atom. The third kappa shape index (κ3) is 4.67. The topological polar surface area (TPSA) is 26.0 Å². The largest absolute Gasteiger partial charge is 0.316 e. The molecule has 0 aliphatic carbocycles. The zero-order chi connectivity index (χ0) is 11.3. The molecule has 2 N–H and O–H groups in total. The predicted octanol–water partition coefficient (Wildman–Crippen LogP) is 2.73. The van der Waals surface area contributed by atoms with E-state index in [0.717, 1.165) is 12.0 Å². The molecule has 0 atom stereocenters. The van der Waals surface area contributed by atoms with Gasteiger partial charge < -0.3 is 5.73 Å². The van der Waals surface area contributed by atoms with Crippen molar-refractivity contribution in [3.63, 3.8) is 0 Å². The second-order valence-corrected chi connectivity index (χ2v) is 4.42. The zero-order valence-corrected chi connectivity index (χ0v) is 9.80. The summed E-state index contributed by atoms with van der Waals surface area (Å²) < 4.78 is 0. The van der Waals surface area contributed by atoms with Crippen LogP contribution in [0.4, 0.5) is 0 Å². The summed E-state index contributed by atoms with van der Waals surface area (Å²) in [5.41, 5.74) is 7.79. The van der Waals surface area contributed by atoms with Crippen molar-refractivity contribution in [1.82, 2.24) is 0 Å². The van der Waals surface area contributed by atoms with Crippen LogP contribution in [0.1, 0.15) is 38.3 Å². The molecule has 0 aliphatic rings. The van der Waals surface area contributed by atoms with Crippen LogP contribution >= 0.6 is 0 Å². The van der Waals surface area contributed by atoms with E-state index in [4.69, 9.17) is 5.73 Å². The molecule has 0 saturated carbocycles. The lowest BCUT2D eigenvalue weighted by molar-refractivity contribution is 0.680. The van der Waals surface area contributed by atoms with Crippen molar-refractivity contribution in [1.29, 1.82) is 0 Å². The van der Waals surface area contributed by atoms with Crippen LogP contribution < -0.4 is 5.73 Å². The lowest BCUT2D eigenvalue weighted by atomic mass is 10.0. The average Bonchev–Trinajstić information content (AvgIpc) is 2.15. The highest BCUT2D eigenvalue weighted by Crippen LogP contribution is 2.06. The molecule has 0 radical (unpaired) electrons. The van der Waals surface area contributed by atoms with Crippen molar-refractivity contribution < 1.29 is 0 Å². The number of rotatable bonds is 2. The van der Waals surface area contributed by atoms with Gasteiger partial charge >= 0.3 is 0 Å². The van der Waals surface area contributed by atoms with E-state index >= 15 is 0 Å². The standard InChI is InChI=1S/C14H19N/c1-4-6-12-7-5-8-13(11-12)9-10-14(2,3)15/h5,7-8,11H,4,6,15H2,1-3H3. The first-order valence-corrected chi connectivity index (χ1v) is 5.42. The smallest absolute Gasteiger partial charge is 0.0722 e. The van der Waals surface area contributed by atoms with Crippen LogP contribution in [-0.2, 0) is 6.42 Å². The van der Waals surface area contributed by atoms with Crippen LogP contribution in [0.2, 0.25) is 0 Å². The maximum atomic E-state index is 5.81. The van der Waals surface area contributed by atoms with E-state index in [-0.39, 0.29) is 0 Å². The molecule has 0 heterocycles. The molecule has 0 bridgehead atoms. The first-order chi connectivity index (χ1) is 7.01. The summed E-state index contributed by atoms with van der Waals surface area (Å²) in [5, 5.41) is 0. The first kappa shape index (κ1) is 11.8. The van der Waals surface area contributed by atoms with E-state index in [9.17, 15) is 0 Å². The summed E-state index contributed by atoms with van der Waals surface area (Å²) in [5.74, 6) is 6.14. The molecule has 1 rings (SSSR count). The van der Waals surface area contributed by atoms with E-state index in [1.165, 1.54) is 12.0 Å². The highest BCUT2D eigenvalue weighted by Gasteiger charge is 2.03. The summed E-state index contributed by atoms with van der Waals surface area (Å²) >= 11 is 0. The van der Waals surface area contributed by atoms with E-state index < -0.39 is 5.54 Å². The van der Waals surface area contributed by atoms with Gasteiger partial charge in [-0.3, -0.25) is 0 Å². The van der Waals surface area contributed by atoms with Gasteiger partial charge in [-0.2, -0.15) is 0 Å². The number of aryl methyl sites for hydroxylation is 1. The molecular formula is C14H19N. The fourth-order valence-corrected chi connectivity index (χ4v) is 1.33. The summed E-state index contributed by atoms with van der Waals surface area (Å²) in [6.07, 6.45) is 2.28. The van der Waals surface area contributed by atoms with Gasteiger partial charge in [-0.05, 0) is 38.0 Å². The molecule has 15 heavy (non-hydrogen) atoms. The number of nitrogens with two attached hydrogens (primary N) is 1. The summed E-state index contributed by atoms with van der Waals surface area (Å²) in [7, 11) is 0. The Kier molecular flexibility index (Phi) is 3.94. The molecule has 0 amide bonds. The SMILES string of the molecule is CCCc1cccc(C#CC(C)(C)N)c1. The second-order valence-electron chi connectivity index (χ2n) is 4.42. The van der Waals surface area contributed by atoms with Crippen molar-refractivity contribution in [3.8, 4) is 11.8 Å². The van der Waals surface area contributed by atoms with Crippen LogP contribution in [0.25, 0.3) is 0 Å². The molecule has 1 heteroatoms. The van der Waals surface area contributed by atoms with Crippen molar-refractivity contribution >= 4 is 0 Å². The fourth-order valence-electron chi connectivity index (χ4n) is 1.33. The van der Waals surface area contributed by atoms with Crippen LogP contribution in [0.15, 0.2) is 24.3 Å². The minimum absolute atomic E-state index is 0.416. The number of benzene rings is 1. The Bertz CT molecular complexity index is 374. The van der Waals surface area contributed by atoms with Gasteiger partial charge in [-0.25, -0.2) is 0 Å². The van der Waals surface area contributed by atoms with Gasteiger partial charge in [0.05, 0.1) is 5.54 Å². The third-order valence-electron chi connectivity index (χ3n) is 1.99. The Morgan fingerprint density at radius 3 is 2.67 bits per heavy atom. The second kappa shape index (κ2) is 5.00. The zero-order valence-electron chi connectivity index (χ0n) is 9.80. The van der Waals surface area contributed by atoms with Gasteiger partial charge in [0.15, 0.2) is 0 Å². The summed E-state index contributed by atoms with van der Waals surface area (Å²) in [6, 6.07) is 8.36. The molecule has 0 saturated heterocycles. The lowest BCUT2D eigenvalue weighted by Gasteiger charge is -2.07. The van der Waals surface area contributed by atoms with Crippen LogP contribution in [0.5, 0.6) is 0 Å². The molecule has 0 unspecified atom stereocenters. The number of hydrogen-bond donors (Lipinski definition) is 1. The Morgan fingerprint density at radius 2 is 2.07 bits per heavy atom. The quantitative estimate of drug-likeness (QED) is 0.731. The molecule has 1 aromatic carbocycles. The lowest BCUT2D eigenvalue weighted by Crippen LogP contribution is -2.29. The van der Waals surface area contributed by atoms with E-state index in [2.05, 4.69) is 37.0 Å². The van der Waals surface area contributed by atoms with Gasteiger partial charge in [-0.15, -0.1) is 0 Å². The van der Waals surface area contributed by atoms with Gasteiger partial charge in [-0.1, -0.05) is 37.3 Å². The van der Waals surface area contributed by atoms with Crippen molar-refractivity contribution in [3.05, 3.63) is 35.4 Å². The first-order valence-electron chi connectivity index (χ1n) is 5.42. The number of hydrogen-bond acceptors (Lipinski definition) is 1. The maximum absolute atomic E-state index is 5.81. The normalized spacial score (nSPS) is 10.7. The Balaban J connectivity index is 2.85. The van der Waals surface area contributed by atoms with Gasteiger partial charge in [0.25, 0.3) is 0 Å². The Hall–Kier alpha value is -1.26. The van der Waals surface area contributed by atoms with Crippen molar-refractivity contribution in [2.45, 2.75) is 39.2 Å². The molecule has 0 spiro atoms. The molecule has 80 valence electrons. The third-order valence-corrected chi connectivity index (χ3v) is 1.99. The molecule has 0 aromatic heterocycles. The minimum atomic E-state index is -0.416. The summed E-state index contributed by atoms with van der Waals surface area (Å²) in [4.78, 5) is 0. The molecular weight excluding hydrogens is 182 g/mol. The fraction of sp³-hybridized carbons (Fsp3) is 0.429. The average molecular weight is 201 g/mol. The Labute approximate surface area is 92.7 Å². The maximum Gasteiger partial charge on any atom is 0.0722 e. The van der Waals surface area contributed by atoms with Gasteiger partial charge in [0.2, 0.25) is 0 Å². The summed E-state index contributed by atoms with van der Waals surface area (Å²) in [6.45, 7) is 6.01. The van der Waals surface area contributed by atoms with E-state index in [1.54, 1.807) is 0 Å². The van der Waals surface area contributed by atoms with E-state index in [0.29, 0.717) is 0 Å². The molecule has 0 fully saturated rings.